The lowest BCUT2D eigenvalue weighted by atomic mass is 10.0. The van der Waals surface area contributed by atoms with Gasteiger partial charge in [0.15, 0.2) is 0 Å². The highest BCUT2D eigenvalue weighted by molar-refractivity contribution is 9.10. The van der Waals surface area contributed by atoms with E-state index in [0.717, 1.165) is 0 Å². The van der Waals surface area contributed by atoms with Crippen molar-refractivity contribution in [1.29, 1.82) is 0 Å². The summed E-state index contributed by atoms with van der Waals surface area (Å²) in [6.07, 6.45) is 8.31. The van der Waals surface area contributed by atoms with E-state index in [1.165, 1.54) is 48.6 Å². The molecule has 1 aromatic carbocycles. The Morgan fingerprint density at radius 1 is 1.18 bits per heavy atom. The number of halogens is 1. The average molecular weight is 296 g/mol. The van der Waals surface area contributed by atoms with Crippen LogP contribution >= 0.6 is 15.9 Å². The third kappa shape index (κ3) is 4.11. The molecule has 0 saturated heterocycles. The van der Waals surface area contributed by atoms with Crippen LogP contribution in [0.25, 0.3) is 0 Å². The lowest BCUT2D eigenvalue weighted by Crippen LogP contribution is -2.31. The van der Waals surface area contributed by atoms with Gasteiger partial charge in [-0.1, -0.05) is 53.7 Å². The molecule has 1 aliphatic carbocycles. The third-order valence-corrected chi connectivity index (χ3v) is 4.18. The highest BCUT2D eigenvalue weighted by Gasteiger charge is 2.15. The molecule has 0 heterocycles. The van der Waals surface area contributed by atoms with E-state index in [1.807, 2.05) is 0 Å². The summed E-state index contributed by atoms with van der Waals surface area (Å²) in [5, 5.41) is 3.78. The van der Waals surface area contributed by atoms with Gasteiger partial charge in [0, 0.05) is 16.6 Å². The number of rotatable bonds is 3. The Morgan fingerprint density at radius 2 is 1.88 bits per heavy atom. The van der Waals surface area contributed by atoms with Crippen molar-refractivity contribution in [2.75, 3.05) is 0 Å². The van der Waals surface area contributed by atoms with Crippen LogP contribution in [-0.4, -0.2) is 6.04 Å². The number of nitrogens with one attached hydrogen (secondary N) is 1. The molecule has 0 bridgehead atoms. The molecule has 0 amide bonds. The second-order valence-corrected chi connectivity index (χ2v) is 6.05. The Kier molecular flexibility index (Phi) is 5.05. The van der Waals surface area contributed by atoms with Crippen LogP contribution in [0.4, 0.5) is 0 Å². The van der Waals surface area contributed by atoms with Gasteiger partial charge in [-0.05, 0) is 37.5 Å². The molecule has 1 atom stereocenters. The highest BCUT2D eigenvalue weighted by atomic mass is 79.9. The molecule has 1 unspecified atom stereocenters. The van der Waals surface area contributed by atoms with Crippen LogP contribution < -0.4 is 5.32 Å². The summed E-state index contributed by atoms with van der Waals surface area (Å²) >= 11 is 3.54. The molecule has 17 heavy (non-hydrogen) atoms. The molecule has 1 aromatic rings. The Hall–Kier alpha value is -0.340. The highest BCUT2D eigenvalue weighted by Crippen LogP contribution is 2.22. The molecule has 0 spiro atoms. The van der Waals surface area contributed by atoms with Crippen LogP contribution in [0.5, 0.6) is 0 Å². The molecule has 0 aromatic heterocycles. The quantitative estimate of drug-likeness (QED) is 0.788. The van der Waals surface area contributed by atoms with Gasteiger partial charge in [0.05, 0.1) is 0 Å². The van der Waals surface area contributed by atoms with E-state index < -0.39 is 0 Å². The van der Waals surface area contributed by atoms with E-state index in [2.05, 4.69) is 52.4 Å². The molecule has 0 aliphatic heterocycles. The van der Waals surface area contributed by atoms with E-state index in [-0.39, 0.29) is 0 Å². The second-order valence-electron chi connectivity index (χ2n) is 5.13. The van der Waals surface area contributed by atoms with Gasteiger partial charge in [0.2, 0.25) is 0 Å². The van der Waals surface area contributed by atoms with E-state index in [4.69, 9.17) is 0 Å². The zero-order valence-electron chi connectivity index (χ0n) is 10.6. The van der Waals surface area contributed by atoms with Crippen LogP contribution in [0, 0.1) is 0 Å². The second kappa shape index (κ2) is 6.55. The zero-order valence-corrected chi connectivity index (χ0v) is 12.2. The van der Waals surface area contributed by atoms with Crippen molar-refractivity contribution < 1.29 is 0 Å². The largest absolute Gasteiger partial charge is 0.307 e. The van der Waals surface area contributed by atoms with Gasteiger partial charge >= 0.3 is 0 Å². The van der Waals surface area contributed by atoms with Gasteiger partial charge in [-0.25, -0.2) is 0 Å². The predicted octanol–water partition coefficient (Wildman–Crippen LogP) is 4.82. The molecule has 1 nitrogen and oxygen atoms in total. The number of benzene rings is 1. The van der Waals surface area contributed by atoms with E-state index in [1.54, 1.807) is 0 Å². The first-order chi connectivity index (χ1) is 8.25. The van der Waals surface area contributed by atoms with E-state index in [9.17, 15) is 0 Å². The molecular weight excluding hydrogens is 274 g/mol. The predicted molar refractivity (Wildman–Crippen MR) is 77.2 cm³/mol. The fourth-order valence-corrected chi connectivity index (χ4v) is 3.09. The van der Waals surface area contributed by atoms with Crippen molar-refractivity contribution in [1.82, 2.24) is 5.32 Å². The molecule has 1 N–H and O–H groups in total. The normalized spacial score (nSPS) is 19.9. The van der Waals surface area contributed by atoms with Gasteiger partial charge in [-0.2, -0.15) is 0 Å². The van der Waals surface area contributed by atoms with E-state index >= 15 is 0 Å². The van der Waals surface area contributed by atoms with Crippen molar-refractivity contribution in [2.45, 2.75) is 57.5 Å². The Balaban J connectivity index is 1.93. The minimum Gasteiger partial charge on any atom is -0.307 e. The smallest absolute Gasteiger partial charge is 0.0294 e. The van der Waals surface area contributed by atoms with Gasteiger partial charge in [-0.15, -0.1) is 0 Å². The lowest BCUT2D eigenvalue weighted by molar-refractivity contribution is 0.414. The van der Waals surface area contributed by atoms with Crippen LogP contribution in [0.1, 0.15) is 57.1 Å². The van der Waals surface area contributed by atoms with Crippen molar-refractivity contribution in [2.24, 2.45) is 0 Å². The van der Waals surface area contributed by atoms with Crippen molar-refractivity contribution >= 4 is 15.9 Å². The first-order valence-corrected chi connectivity index (χ1v) is 7.56. The monoisotopic (exact) mass is 295 g/mol. The summed E-state index contributed by atoms with van der Waals surface area (Å²) in [5.74, 6) is 0. The average Bonchev–Trinajstić information content (AvgIpc) is 2.57. The molecule has 2 heteroatoms. The van der Waals surface area contributed by atoms with Crippen LogP contribution in [0.15, 0.2) is 28.7 Å². The SMILES string of the molecule is CC(NC1CCCCCC1)c1cccc(Br)c1. The summed E-state index contributed by atoms with van der Waals surface area (Å²) in [4.78, 5) is 0. The topological polar surface area (TPSA) is 12.0 Å². The first-order valence-electron chi connectivity index (χ1n) is 6.77. The van der Waals surface area contributed by atoms with Gasteiger partial charge in [0.1, 0.15) is 0 Å². The Labute approximate surface area is 113 Å². The fraction of sp³-hybridized carbons (Fsp3) is 0.600. The third-order valence-electron chi connectivity index (χ3n) is 3.69. The lowest BCUT2D eigenvalue weighted by Gasteiger charge is -2.22. The van der Waals surface area contributed by atoms with Crippen molar-refractivity contribution in [3.63, 3.8) is 0 Å². The maximum absolute atomic E-state index is 3.78. The fourth-order valence-electron chi connectivity index (χ4n) is 2.67. The molecule has 0 radical (unpaired) electrons. The molecule has 1 fully saturated rings. The maximum atomic E-state index is 3.78. The van der Waals surface area contributed by atoms with Crippen molar-refractivity contribution in [3.05, 3.63) is 34.3 Å². The summed E-state index contributed by atoms with van der Waals surface area (Å²) < 4.78 is 1.17. The summed E-state index contributed by atoms with van der Waals surface area (Å²) in [5.41, 5.74) is 1.38. The van der Waals surface area contributed by atoms with Gasteiger partial charge in [0.25, 0.3) is 0 Å². The summed E-state index contributed by atoms with van der Waals surface area (Å²) in [6.45, 7) is 2.27. The Morgan fingerprint density at radius 3 is 2.53 bits per heavy atom. The number of hydrogen-bond donors (Lipinski definition) is 1. The molecule has 94 valence electrons. The summed E-state index contributed by atoms with van der Waals surface area (Å²) in [7, 11) is 0. The van der Waals surface area contributed by atoms with Gasteiger partial charge in [-0.3, -0.25) is 0 Å². The molecule has 2 rings (SSSR count). The van der Waals surface area contributed by atoms with Crippen LogP contribution in [0.2, 0.25) is 0 Å². The van der Waals surface area contributed by atoms with Crippen LogP contribution in [0.3, 0.4) is 0 Å². The first kappa shape index (κ1) is 13.1. The minimum atomic E-state index is 0.454. The van der Waals surface area contributed by atoms with Crippen molar-refractivity contribution in [3.8, 4) is 0 Å². The zero-order chi connectivity index (χ0) is 12.1. The maximum Gasteiger partial charge on any atom is 0.0294 e. The number of hydrogen-bond acceptors (Lipinski definition) is 1. The minimum absolute atomic E-state index is 0.454. The standard InChI is InChI=1S/C15H22BrN/c1-12(13-7-6-8-14(16)11-13)17-15-9-4-2-3-5-10-15/h6-8,11-12,15,17H,2-5,9-10H2,1H3. The summed E-state index contributed by atoms with van der Waals surface area (Å²) in [6, 6.07) is 9.79. The van der Waals surface area contributed by atoms with Crippen LogP contribution in [-0.2, 0) is 0 Å². The molecule has 1 aliphatic rings. The van der Waals surface area contributed by atoms with Gasteiger partial charge < -0.3 is 5.32 Å². The van der Waals surface area contributed by atoms with E-state index in [0.29, 0.717) is 12.1 Å². The molecule has 1 saturated carbocycles. The Bertz CT molecular complexity index is 343. The molecular formula is C15H22BrN.